The van der Waals surface area contributed by atoms with Gasteiger partial charge in [-0.1, -0.05) is 90.0 Å². The molecule has 5 aromatic rings. The minimum Gasteiger partial charge on any atom is -0.381 e. The van der Waals surface area contributed by atoms with Gasteiger partial charge in [0, 0.05) is 69.0 Å². The number of hydrogen-bond acceptors (Lipinski definition) is 14. The van der Waals surface area contributed by atoms with Crippen LogP contribution in [0.2, 0.25) is 0 Å². The number of benzene rings is 1. The van der Waals surface area contributed by atoms with Crippen LogP contribution in [-0.2, 0) is 32.3 Å². The Morgan fingerprint density at radius 2 is 1.56 bits per heavy atom. The van der Waals surface area contributed by atoms with Gasteiger partial charge in [0.15, 0.2) is 11.3 Å². The normalized spacial score (nSPS) is 15.5. The fourth-order valence-electron chi connectivity index (χ4n) is 7.07. The van der Waals surface area contributed by atoms with Gasteiger partial charge in [0.05, 0.1) is 12.4 Å². The molecule has 0 spiro atoms. The Kier molecular flexibility index (Phi) is 20.7. The lowest BCUT2D eigenvalue weighted by atomic mass is 10.0. The highest BCUT2D eigenvalue weighted by molar-refractivity contribution is 7.90. The molecule has 0 saturated carbocycles. The molecule has 0 radical (unpaired) electrons. The van der Waals surface area contributed by atoms with Gasteiger partial charge in [-0.05, 0) is 80.8 Å². The number of ether oxygens (including phenoxy) is 2. The van der Waals surface area contributed by atoms with Crippen LogP contribution in [0.15, 0.2) is 66.4 Å². The van der Waals surface area contributed by atoms with Crippen molar-refractivity contribution in [2.24, 2.45) is 17.4 Å². The third-order valence-corrected chi connectivity index (χ3v) is 11.8. The molecule has 0 aliphatic carbocycles. The maximum absolute atomic E-state index is 11.3. The molecular formula is C47H74N12O4S. The van der Waals surface area contributed by atoms with E-state index in [-0.39, 0.29) is 11.1 Å². The van der Waals surface area contributed by atoms with Crippen LogP contribution in [0.1, 0.15) is 127 Å². The maximum atomic E-state index is 11.3. The zero-order chi connectivity index (χ0) is 46.8. The molecule has 2 fully saturated rings. The molecule has 1 unspecified atom stereocenters. The van der Waals surface area contributed by atoms with Gasteiger partial charge in [0.2, 0.25) is 26.9 Å². The van der Waals surface area contributed by atoms with E-state index in [4.69, 9.17) is 30.9 Å². The van der Waals surface area contributed by atoms with E-state index in [2.05, 4.69) is 103 Å². The second kappa shape index (κ2) is 25.6. The number of allylic oxidation sites excluding steroid dienone is 2. The molecule has 352 valence electrons. The summed E-state index contributed by atoms with van der Waals surface area (Å²) in [6, 6.07) is 7.37. The number of aromatic nitrogens is 8. The smallest absolute Gasteiger partial charge is 0.250 e. The van der Waals surface area contributed by atoms with Crippen LogP contribution in [0.25, 0.3) is 11.3 Å². The van der Waals surface area contributed by atoms with E-state index in [0.29, 0.717) is 54.6 Å². The summed E-state index contributed by atoms with van der Waals surface area (Å²) in [7, 11) is -3.38. The van der Waals surface area contributed by atoms with Crippen molar-refractivity contribution in [3.63, 3.8) is 0 Å². The average Bonchev–Trinajstić information content (AvgIpc) is 3.92. The predicted molar refractivity (Wildman–Crippen MR) is 258 cm³/mol. The highest BCUT2D eigenvalue weighted by atomic mass is 32.2. The number of hydrogen-bond donors (Lipinski definition) is 4. The molecule has 64 heavy (non-hydrogen) atoms. The van der Waals surface area contributed by atoms with Gasteiger partial charge in [-0.25, -0.2) is 17.9 Å². The Morgan fingerprint density at radius 3 is 2.12 bits per heavy atom. The van der Waals surface area contributed by atoms with Gasteiger partial charge >= 0.3 is 0 Å². The van der Waals surface area contributed by atoms with Gasteiger partial charge in [-0.2, -0.15) is 29.7 Å². The third-order valence-electron chi connectivity index (χ3n) is 11.0. The number of fused-ring (bicyclic) bond motifs is 2. The highest BCUT2D eigenvalue weighted by Gasteiger charge is 2.20. The number of sulfone groups is 1. The first kappa shape index (κ1) is 51.8. The van der Waals surface area contributed by atoms with Crippen LogP contribution in [0.5, 0.6) is 0 Å². The minimum absolute atomic E-state index is 0.164. The molecule has 6 N–H and O–H groups in total. The summed E-state index contributed by atoms with van der Waals surface area (Å²) in [6.45, 7) is 25.3. The van der Waals surface area contributed by atoms with Crippen LogP contribution >= 0.6 is 0 Å². The molecule has 1 atom stereocenters. The maximum Gasteiger partial charge on any atom is 0.250 e. The summed E-state index contributed by atoms with van der Waals surface area (Å²) in [6.07, 6.45) is 17.4. The Balaban J connectivity index is 0.000000219. The molecule has 17 heteroatoms. The largest absolute Gasteiger partial charge is 0.381 e. The first-order valence-electron chi connectivity index (χ1n) is 22.7. The predicted octanol–water partition coefficient (Wildman–Crippen LogP) is 7.59. The quantitative estimate of drug-likeness (QED) is 0.0791. The fraction of sp³-hybridized carbons (Fsp3) is 0.574. The van der Waals surface area contributed by atoms with Crippen molar-refractivity contribution in [3.05, 3.63) is 89.0 Å². The first-order chi connectivity index (χ1) is 30.6. The summed E-state index contributed by atoms with van der Waals surface area (Å²) >= 11 is 0. The molecule has 6 heterocycles. The van der Waals surface area contributed by atoms with Crippen molar-refractivity contribution < 1.29 is 17.9 Å². The van der Waals surface area contributed by atoms with Gasteiger partial charge in [0.1, 0.15) is 6.33 Å². The summed E-state index contributed by atoms with van der Waals surface area (Å²) in [5, 5.41) is 15.5. The lowest BCUT2D eigenvalue weighted by Gasteiger charge is -2.23. The Bertz CT molecular complexity index is 2350. The van der Waals surface area contributed by atoms with E-state index in [1.54, 1.807) is 6.20 Å². The molecule has 0 bridgehead atoms. The van der Waals surface area contributed by atoms with Gasteiger partial charge in [-0.3, -0.25) is 0 Å². The molecule has 4 aromatic heterocycles. The Morgan fingerprint density at radius 1 is 0.922 bits per heavy atom. The van der Waals surface area contributed by atoms with Crippen LogP contribution in [0.3, 0.4) is 0 Å². The molecule has 2 aliphatic rings. The Labute approximate surface area is 381 Å². The van der Waals surface area contributed by atoms with Crippen molar-refractivity contribution in [3.8, 4) is 0 Å². The molecule has 7 rings (SSSR count). The zero-order valence-corrected chi connectivity index (χ0v) is 40.5. The molecule has 2 aliphatic heterocycles. The first-order valence-corrected chi connectivity index (χ1v) is 24.6. The van der Waals surface area contributed by atoms with Gasteiger partial charge < -0.3 is 31.6 Å². The number of nitrogens with two attached hydrogens (primary N) is 2. The van der Waals surface area contributed by atoms with E-state index in [1.807, 2.05) is 30.6 Å². The second-order valence-corrected chi connectivity index (χ2v) is 19.1. The molecule has 1 aromatic carbocycles. The van der Waals surface area contributed by atoms with Crippen molar-refractivity contribution in [2.75, 3.05) is 49.9 Å². The van der Waals surface area contributed by atoms with Crippen LogP contribution < -0.4 is 22.1 Å². The molecule has 16 nitrogen and oxygen atoms in total. The fourth-order valence-corrected chi connectivity index (χ4v) is 7.56. The summed E-state index contributed by atoms with van der Waals surface area (Å²) in [5.74, 6) is 2.49. The second-order valence-electron chi connectivity index (χ2n) is 17.1. The topological polar surface area (TPSA) is 215 Å². The SMILES string of the molecule is C=CC(C)C/C(=C/CC)CN.CC(C)c1cnn2cnc(S(C)(=O)=O)nc12.CCc1ccc(C)cc1CNc1nc(NC2CCOCC2)nc2c(C(C)C)cnn12.NC1CCOCC1. The highest BCUT2D eigenvalue weighted by Crippen LogP contribution is 2.24. The molecular weight excluding hydrogens is 829 g/mol. The van der Waals surface area contributed by atoms with E-state index >= 15 is 0 Å². The van der Waals surface area contributed by atoms with E-state index in [9.17, 15) is 8.42 Å². The van der Waals surface area contributed by atoms with Crippen molar-refractivity contribution in [2.45, 2.75) is 136 Å². The Hall–Kier alpha value is -4.81. The standard InChI is InChI=1S/C23H32N6O.C10H19N.C9H12N4O2S.C5H11NO/c1-5-17-7-6-16(4)12-18(17)13-24-23-28-22(26-19-8-10-30-11-9-19)27-21-20(15(2)3)14-25-29(21)23;1-4-6-10(8-11)7-9(3)5-2;1-6(2)7-4-11-13-5-10-9(12-8(7)13)16(3,14)15;6-5-1-3-7-4-2-5/h6-7,12,14-15,19H,5,8-11,13H2,1-4H3,(H2,24,26,27,28);5-6,9H,2,4,7-8,11H2,1,3H3;4-6H,1-3H3;5H,1-4,6H2/b;10-6-;;. The zero-order valence-electron chi connectivity index (χ0n) is 39.7. The van der Waals surface area contributed by atoms with Crippen molar-refractivity contribution >= 4 is 33.0 Å². The van der Waals surface area contributed by atoms with E-state index < -0.39 is 9.84 Å². The van der Waals surface area contributed by atoms with Crippen LogP contribution in [0.4, 0.5) is 11.9 Å². The number of nitrogens with zero attached hydrogens (tertiary/aromatic N) is 8. The molecule has 0 amide bonds. The average molecular weight is 903 g/mol. The van der Waals surface area contributed by atoms with E-state index in [0.717, 1.165) is 94.4 Å². The van der Waals surface area contributed by atoms with Crippen molar-refractivity contribution in [1.82, 2.24) is 39.2 Å². The molecule has 2 saturated heterocycles. The lowest BCUT2D eigenvalue weighted by molar-refractivity contribution is 0.0866. The number of anilines is 2. The number of nitrogens with one attached hydrogen (secondary N) is 2. The van der Waals surface area contributed by atoms with Crippen LogP contribution in [-0.4, -0.2) is 98.9 Å². The monoisotopic (exact) mass is 903 g/mol. The van der Waals surface area contributed by atoms with Crippen LogP contribution in [0, 0.1) is 12.8 Å². The third kappa shape index (κ3) is 15.7. The number of rotatable bonds is 14. The van der Waals surface area contributed by atoms with Crippen molar-refractivity contribution in [1.29, 1.82) is 0 Å². The lowest BCUT2D eigenvalue weighted by Crippen LogP contribution is -2.29. The summed E-state index contributed by atoms with van der Waals surface area (Å²) in [5.41, 5.74) is 19.8. The van der Waals surface area contributed by atoms with E-state index in [1.165, 1.54) is 33.1 Å². The number of aryl methyl sites for hydroxylation is 2. The van der Waals surface area contributed by atoms with Gasteiger partial charge in [-0.15, -0.1) is 6.58 Å². The van der Waals surface area contributed by atoms with Gasteiger partial charge in [0.25, 0.3) is 0 Å². The summed E-state index contributed by atoms with van der Waals surface area (Å²) in [4.78, 5) is 17.4. The summed E-state index contributed by atoms with van der Waals surface area (Å²) < 4.78 is 36.5. The minimum atomic E-state index is -3.38.